The molecule has 0 radical (unpaired) electrons. The summed E-state index contributed by atoms with van der Waals surface area (Å²) in [6.45, 7) is 8.83. The van der Waals surface area contributed by atoms with Crippen LogP contribution in [0.5, 0.6) is 5.75 Å². The van der Waals surface area contributed by atoms with Gasteiger partial charge < -0.3 is 4.74 Å². The van der Waals surface area contributed by atoms with Gasteiger partial charge in [-0.2, -0.15) is 0 Å². The molecule has 0 aromatic heterocycles. The van der Waals surface area contributed by atoms with Crippen LogP contribution in [0.2, 0.25) is 0 Å². The van der Waals surface area contributed by atoms with Crippen molar-refractivity contribution in [1.29, 1.82) is 0 Å². The van der Waals surface area contributed by atoms with Gasteiger partial charge in [0.15, 0.2) is 5.12 Å². The van der Waals surface area contributed by atoms with Crippen molar-refractivity contribution < 1.29 is 9.53 Å². The van der Waals surface area contributed by atoms with E-state index in [-0.39, 0.29) is 16.4 Å². The Morgan fingerprint density at radius 3 is 2.33 bits per heavy atom. The monoisotopic (exact) mass is 342 g/mol. The molecule has 2 rings (SSSR count). The van der Waals surface area contributed by atoms with E-state index >= 15 is 0 Å². The molecule has 0 aliphatic carbocycles. The maximum absolute atomic E-state index is 12.2. The van der Waals surface area contributed by atoms with Crippen molar-refractivity contribution in [1.82, 2.24) is 0 Å². The van der Waals surface area contributed by atoms with Gasteiger partial charge >= 0.3 is 0 Å². The van der Waals surface area contributed by atoms with Crippen LogP contribution in [0, 0.1) is 11.3 Å². The zero-order chi connectivity index (χ0) is 17.6. The van der Waals surface area contributed by atoms with E-state index in [1.807, 2.05) is 43.3 Å². The number of para-hydroxylation sites is 1. The average Bonchev–Trinajstić information content (AvgIpc) is 2.58. The molecule has 0 amide bonds. The standard InChI is InChI=1S/C21H26O2S/c1-16(21(2,3)4)20(22)24-15-14-23-19-13-9-8-12-18(19)17-10-6-5-7-11-17/h5-13,16H,14-15H2,1-4H3. The lowest BCUT2D eigenvalue weighted by atomic mass is 9.83. The maximum Gasteiger partial charge on any atom is 0.192 e. The van der Waals surface area contributed by atoms with Gasteiger partial charge in [0.05, 0.1) is 6.61 Å². The summed E-state index contributed by atoms with van der Waals surface area (Å²) in [7, 11) is 0. The molecule has 1 atom stereocenters. The largest absolute Gasteiger partial charge is 0.492 e. The van der Waals surface area contributed by atoms with Gasteiger partial charge in [-0.15, -0.1) is 0 Å². The van der Waals surface area contributed by atoms with Crippen molar-refractivity contribution in [3.63, 3.8) is 0 Å². The lowest BCUT2D eigenvalue weighted by Gasteiger charge is -2.25. The van der Waals surface area contributed by atoms with Gasteiger partial charge in [-0.1, -0.05) is 88.0 Å². The van der Waals surface area contributed by atoms with E-state index in [0.29, 0.717) is 12.4 Å². The highest BCUT2D eigenvalue weighted by molar-refractivity contribution is 8.13. The van der Waals surface area contributed by atoms with E-state index < -0.39 is 0 Å². The fraction of sp³-hybridized carbons (Fsp3) is 0.381. The second kappa shape index (κ2) is 8.39. The third-order valence-electron chi connectivity index (χ3n) is 4.21. The smallest absolute Gasteiger partial charge is 0.192 e. The van der Waals surface area contributed by atoms with E-state index in [1.165, 1.54) is 11.8 Å². The summed E-state index contributed by atoms with van der Waals surface area (Å²) in [6, 6.07) is 18.2. The van der Waals surface area contributed by atoms with Crippen LogP contribution in [0.3, 0.4) is 0 Å². The number of carbonyl (C=O) groups is 1. The normalized spacial score (nSPS) is 12.7. The lowest BCUT2D eigenvalue weighted by molar-refractivity contribution is -0.116. The second-order valence-electron chi connectivity index (χ2n) is 6.97. The minimum Gasteiger partial charge on any atom is -0.492 e. The number of hydrogen-bond acceptors (Lipinski definition) is 3. The van der Waals surface area contributed by atoms with Crippen molar-refractivity contribution in [3.8, 4) is 16.9 Å². The van der Waals surface area contributed by atoms with Crippen LogP contribution in [-0.4, -0.2) is 17.5 Å². The molecular weight excluding hydrogens is 316 g/mol. The molecule has 2 aromatic carbocycles. The Balaban J connectivity index is 1.91. The minimum atomic E-state index is 0.00481. The molecule has 0 bridgehead atoms. The first-order valence-electron chi connectivity index (χ1n) is 8.33. The van der Waals surface area contributed by atoms with Crippen LogP contribution >= 0.6 is 11.8 Å². The molecule has 2 nitrogen and oxygen atoms in total. The van der Waals surface area contributed by atoms with Crippen molar-refractivity contribution in [3.05, 3.63) is 54.6 Å². The summed E-state index contributed by atoms with van der Waals surface area (Å²) in [6.07, 6.45) is 0. The molecular formula is C21H26O2S. The van der Waals surface area contributed by atoms with Gasteiger partial charge in [-0.05, 0) is 17.0 Å². The van der Waals surface area contributed by atoms with Gasteiger partial charge in [-0.25, -0.2) is 0 Å². The van der Waals surface area contributed by atoms with E-state index in [0.717, 1.165) is 16.9 Å². The van der Waals surface area contributed by atoms with Crippen LogP contribution < -0.4 is 4.74 Å². The summed E-state index contributed by atoms with van der Waals surface area (Å²) in [5.41, 5.74) is 2.22. The third-order valence-corrected chi connectivity index (χ3v) is 5.22. The summed E-state index contributed by atoms with van der Waals surface area (Å²) in [5.74, 6) is 1.57. The Kier molecular flexibility index (Phi) is 6.50. The molecule has 0 fully saturated rings. The van der Waals surface area contributed by atoms with E-state index in [2.05, 4.69) is 39.0 Å². The van der Waals surface area contributed by atoms with E-state index in [9.17, 15) is 4.79 Å². The summed E-state index contributed by atoms with van der Waals surface area (Å²) >= 11 is 1.37. The zero-order valence-corrected chi connectivity index (χ0v) is 15.7. The first-order valence-corrected chi connectivity index (χ1v) is 9.32. The molecule has 0 saturated heterocycles. The van der Waals surface area contributed by atoms with E-state index in [4.69, 9.17) is 4.74 Å². The average molecular weight is 343 g/mol. The fourth-order valence-corrected chi connectivity index (χ4v) is 3.19. The molecule has 3 heteroatoms. The van der Waals surface area contributed by atoms with Crippen LogP contribution in [0.25, 0.3) is 11.1 Å². The first kappa shape index (κ1) is 18.6. The third kappa shape index (κ3) is 5.13. The van der Waals surface area contributed by atoms with Gasteiger partial charge in [0.25, 0.3) is 0 Å². The predicted octanol–water partition coefficient (Wildman–Crippen LogP) is 5.67. The van der Waals surface area contributed by atoms with Crippen LogP contribution in [0.4, 0.5) is 0 Å². The summed E-state index contributed by atoms with van der Waals surface area (Å²) in [5, 5.41) is 0.238. The number of thioether (sulfide) groups is 1. The lowest BCUT2D eigenvalue weighted by Crippen LogP contribution is -2.24. The molecule has 0 spiro atoms. The highest BCUT2D eigenvalue weighted by Crippen LogP contribution is 2.31. The Labute approximate surface area is 149 Å². The number of benzene rings is 2. The number of hydrogen-bond donors (Lipinski definition) is 0. The van der Waals surface area contributed by atoms with Gasteiger partial charge in [0.1, 0.15) is 5.75 Å². The topological polar surface area (TPSA) is 26.3 Å². The second-order valence-corrected chi connectivity index (χ2v) is 8.07. The Morgan fingerprint density at radius 1 is 1.04 bits per heavy atom. The van der Waals surface area contributed by atoms with E-state index in [1.54, 1.807) is 0 Å². The quantitative estimate of drug-likeness (QED) is 0.632. The van der Waals surface area contributed by atoms with Crippen LogP contribution in [-0.2, 0) is 4.79 Å². The number of ether oxygens (including phenoxy) is 1. The summed E-state index contributed by atoms with van der Waals surface area (Å²) < 4.78 is 5.93. The number of rotatable bonds is 6. The van der Waals surface area contributed by atoms with Gasteiger partial charge in [0.2, 0.25) is 0 Å². The van der Waals surface area contributed by atoms with Crippen LogP contribution in [0.1, 0.15) is 27.7 Å². The first-order chi connectivity index (χ1) is 11.4. The zero-order valence-electron chi connectivity index (χ0n) is 14.9. The van der Waals surface area contributed by atoms with Crippen molar-refractivity contribution in [2.24, 2.45) is 11.3 Å². The molecule has 0 N–H and O–H groups in total. The van der Waals surface area contributed by atoms with Gasteiger partial charge in [0, 0.05) is 17.2 Å². The molecule has 0 saturated carbocycles. The highest BCUT2D eigenvalue weighted by Gasteiger charge is 2.26. The fourth-order valence-electron chi connectivity index (χ4n) is 2.22. The Hall–Kier alpha value is -1.74. The van der Waals surface area contributed by atoms with Crippen molar-refractivity contribution in [2.45, 2.75) is 27.7 Å². The molecule has 24 heavy (non-hydrogen) atoms. The molecule has 1 unspecified atom stereocenters. The minimum absolute atomic E-state index is 0.00481. The molecule has 0 aliphatic heterocycles. The molecule has 0 aliphatic rings. The molecule has 2 aromatic rings. The molecule has 0 heterocycles. The highest BCUT2D eigenvalue weighted by atomic mass is 32.2. The predicted molar refractivity (Wildman–Crippen MR) is 103 cm³/mol. The van der Waals surface area contributed by atoms with Crippen molar-refractivity contribution >= 4 is 16.9 Å². The molecule has 128 valence electrons. The Morgan fingerprint density at radius 2 is 1.67 bits per heavy atom. The summed E-state index contributed by atoms with van der Waals surface area (Å²) in [4.78, 5) is 12.2. The van der Waals surface area contributed by atoms with Crippen LogP contribution in [0.15, 0.2) is 54.6 Å². The number of carbonyl (C=O) groups excluding carboxylic acids is 1. The maximum atomic E-state index is 12.2. The van der Waals surface area contributed by atoms with Gasteiger partial charge in [-0.3, -0.25) is 4.79 Å². The Bertz CT molecular complexity index is 659. The SMILES string of the molecule is CC(C(=O)SCCOc1ccccc1-c1ccccc1)C(C)(C)C. The van der Waals surface area contributed by atoms with Crippen molar-refractivity contribution in [2.75, 3.05) is 12.4 Å².